The molecule has 0 heterocycles. The van der Waals surface area contributed by atoms with Crippen molar-refractivity contribution in [3.63, 3.8) is 0 Å². The summed E-state index contributed by atoms with van der Waals surface area (Å²) in [6.07, 6.45) is -0.983. The first-order valence-corrected chi connectivity index (χ1v) is 20.0. The largest absolute Gasteiger partial charge is 0.460 e. The van der Waals surface area contributed by atoms with Crippen LogP contribution in [0.5, 0.6) is 0 Å². The highest BCUT2D eigenvalue weighted by Gasteiger charge is 2.36. The molecule has 15 nitrogen and oxygen atoms in total. The van der Waals surface area contributed by atoms with Gasteiger partial charge in [0.05, 0.1) is 19.3 Å². The van der Waals surface area contributed by atoms with Crippen molar-refractivity contribution >= 4 is 52.7 Å². The van der Waals surface area contributed by atoms with E-state index < -0.39 is 75.0 Å². The van der Waals surface area contributed by atoms with Gasteiger partial charge in [-0.1, -0.05) is 36.4 Å². The summed E-state index contributed by atoms with van der Waals surface area (Å²) in [7, 11) is 0. The zero-order valence-corrected chi connectivity index (χ0v) is 37.5. The monoisotopic (exact) mass is 844 g/mol. The molecule has 3 rings (SSSR count). The van der Waals surface area contributed by atoms with Gasteiger partial charge in [0.25, 0.3) is 0 Å². The quantitative estimate of drug-likeness (QED) is 0.0584. The summed E-state index contributed by atoms with van der Waals surface area (Å²) in [5.74, 6) is -3.91. The molecule has 0 aliphatic rings. The molecule has 0 bridgehead atoms. The third-order valence-electron chi connectivity index (χ3n) is 8.86. The summed E-state index contributed by atoms with van der Waals surface area (Å²) in [6, 6.07) is 21.3. The summed E-state index contributed by atoms with van der Waals surface area (Å²) < 4.78 is 16.1. The fourth-order valence-corrected chi connectivity index (χ4v) is 5.95. The van der Waals surface area contributed by atoms with E-state index in [2.05, 4.69) is 16.0 Å². The van der Waals surface area contributed by atoms with E-state index in [0.29, 0.717) is 17.1 Å². The third-order valence-corrected chi connectivity index (χ3v) is 8.86. The van der Waals surface area contributed by atoms with Gasteiger partial charge >= 0.3 is 17.9 Å². The Morgan fingerprint density at radius 1 is 0.410 bits per heavy atom. The van der Waals surface area contributed by atoms with Crippen LogP contribution in [0.1, 0.15) is 125 Å². The molecule has 15 heteroatoms. The third kappa shape index (κ3) is 16.1. The zero-order valence-electron chi connectivity index (χ0n) is 37.5. The number of benzene rings is 3. The van der Waals surface area contributed by atoms with Crippen molar-refractivity contribution in [3.05, 3.63) is 89.5 Å². The summed E-state index contributed by atoms with van der Waals surface area (Å²) in [4.78, 5) is 76.9. The van der Waals surface area contributed by atoms with E-state index in [4.69, 9.17) is 31.4 Å². The van der Waals surface area contributed by atoms with Crippen LogP contribution in [0.2, 0.25) is 0 Å². The first-order valence-electron chi connectivity index (χ1n) is 20.0. The molecule has 0 unspecified atom stereocenters. The number of amides is 3. The molecule has 0 fully saturated rings. The Morgan fingerprint density at radius 3 is 0.787 bits per heavy atom. The molecular weight excluding hydrogens is 781 g/mol. The normalized spacial score (nSPS) is 15.0. The van der Waals surface area contributed by atoms with E-state index >= 15 is 0 Å². The van der Waals surface area contributed by atoms with Gasteiger partial charge in [-0.25, -0.2) is 0 Å². The molecule has 3 amide bonds. The van der Waals surface area contributed by atoms with Crippen molar-refractivity contribution in [3.8, 4) is 0 Å². The van der Waals surface area contributed by atoms with E-state index in [9.17, 15) is 28.8 Å². The molecule has 9 N–H and O–H groups in total. The maximum absolute atomic E-state index is 13.2. The zero-order chi connectivity index (χ0) is 46.4. The van der Waals surface area contributed by atoms with Crippen LogP contribution in [-0.2, 0) is 43.0 Å². The fraction of sp³-hybridized carbons (Fsp3) is 0.478. The average molecular weight is 845 g/mol. The second kappa shape index (κ2) is 19.0. The highest BCUT2D eigenvalue weighted by molar-refractivity contribution is 6.01. The summed E-state index contributed by atoms with van der Waals surface area (Å²) in [5.41, 5.74) is 15.7. The number of hydrogen-bond acceptors (Lipinski definition) is 12. The van der Waals surface area contributed by atoms with Gasteiger partial charge in [-0.15, -0.1) is 0 Å². The van der Waals surface area contributed by atoms with Gasteiger partial charge in [-0.3, -0.25) is 28.8 Å². The molecule has 61 heavy (non-hydrogen) atoms. The van der Waals surface area contributed by atoms with Crippen molar-refractivity contribution in [2.45, 2.75) is 142 Å². The number of carbonyl (C=O) groups is 6. The van der Waals surface area contributed by atoms with Gasteiger partial charge in [0.15, 0.2) is 0 Å². The SMILES string of the molecule is CC(C)(C)OC(=O)C[C@@](C)(N)C(=O)Nc1ccc(C(c2ccc(NC(=O)[C@](C)(N)CC(=O)OC(C)(C)C)cc2)c2ccc(NC(=O)[C@](C)(N)CC(=O)OC(C)(C)C)cc2)cc1. The summed E-state index contributed by atoms with van der Waals surface area (Å²) in [5, 5.41) is 8.36. The summed E-state index contributed by atoms with van der Waals surface area (Å²) >= 11 is 0. The lowest BCUT2D eigenvalue weighted by Gasteiger charge is -2.26. The lowest BCUT2D eigenvalue weighted by Crippen LogP contribution is -2.50. The van der Waals surface area contributed by atoms with Crippen molar-refractivity contribution in [2.24, 2.45) is 17.2 Å². The number of nitrogens with two attached hydrogens (primary N) is 3. The number of rotatable bonds is 15. The molecule has 0 aliphatic heterocycles. The van der Waals surface area contributed by atoms with Crippen molar-refractivity contribution < 1.29 is 43.0 Å². The van der Waals surface area contributed by atoms with Crippen LogP contribution in [0.4, 0.5) is 17.1 Å². The minimum atomic E-state index is -1.55. The van der Waals surface area contributed by atoms with Crippen LogP contribution in [0.3, 0.4) is 0 Å². The van der Waals surface area contributed by atoms with E-state index in [1.54, 1.807) is 98.7 Å². The number of esters is 3. The number of ether oxygens (including phenoxy) is 3. The lowest BCUT2D eigenvalue weighted by molar-refractivity contribution is -0.158. The molecule has 3 atom stereocenters. The molecule has 3 aromatic carbocycles. The molecule has 332 valence electrons. The Balaban J connectivity index is 1.91. The Hall–Kier alpha value is -5.64. The Labute approximate surface area is 359 Å². The van der Waals surface area contributed by atoms with Crippen LogP contribution in [-0.4, -0.2) is 69.0 Å². The molecule has 0 saturated heterocycles. The second-order valence-electron chi connectivity index (χ2n) is 19.2. The summed E-state index contributed by atoms with van der Waals surface area (Å²) in [6.45, 7) is 19.9. The van der Waals surface area contributed by atoms with Crippen LogP contribution in [0.15, 0.2) is 72.8 Å². The molecule has 0 aromatic heterocycles. The molecule has 0 aliphatic carbocycles. The maximum atomic E-state index is 13.2. The standard InChI is InChI=1S/C46H64N6O9/c1-41(2,3)59-34(53)25-44(10,47)38(56)50-31-19-13-28(14-20-31)37(29-15-21-32(22-16-29)51-39(57)45(11,48)26-35(54)60-42(4,5)6)30-17-23-33(24-18-30)52-40(58)46(12,49)27-36(55)61-43(7,8)9/h13-24,37H,25-27,47-49H2,1-12H3,(H,50,56)(H,51,57)(H,52,58)/t44-,45-,46-/m1/s1. The molecular formula is C46H64N6O9. The topological polar surface area (TPSA) is 244 Å². The van der Waals surface area contributed by atoms with Gasteiger partial charge in [0.1, 0.15) is 33.4 Å². The van der Waals surface area contributed by atoms with Crippen molar-refractivity contribution in [1.29, 1.82) is 0 Å². The maximum Gasteiger partial charge on any atom is 0.308 e. The predicted molar refractivity (Wildman–Crippen MR) is 235 cm³/mol. The number of hydrogen-bond donors (Lipinski definition) is 6. The van der Waals surface area contributed by atoms with Gasteiger partial charge in [0.2, 0.25) is 17.7 Å². The second-order valence-corrected chi connectivity index (χ2v) is 19.2. The molecule has 0 saturated carbocycles. The highest BCUT2D eigenvalue weighted by Crippen LogP contribution is 2.34. The van der Waals surface area contributed by atoms with Crippen LogP contribution >= 0.6 is 0 Å². The Bertz CT molecular complexity index is 1820. The number of anilines is 3. The van der Waals surface area contributed by atoms with E-state index in [1.165, 1.54) is 20.8 Å². The fourth-order valence-electron chi connectivity index (χ4n) is 5.95. The first-order chi connectivity index (χ1) is 27.7. The lowest BCUT2D eigenvalue weighted by atomic mass is 9.85. The molecule has 0 spiro atoms. The van der Waals surface area contributed by atoms with Gasteiger partial charge in [0, 0.05) is 23.0 Å². The van der Waals surface area contributed by atoms with E-state index in [0.717, 1.165) is 16.7 Å². The minimum Gasteiger partial charge on any atom is -0.460 e. The Kier molecular flexibility index (Phi) is 15.5. The van der Waals surface area contributed by atoms with Crippen molar-refractivity contribution in [1.82, 2.24) is 0 Å². The van der Waals surface area contributed by atoms with E-state index in [-0.39, 0.29) is 19.3 Å². The van der Waals surface area contributed by atoms with Gasteiger partial charge in [-0.2, -0.15) is 0 Å². The van der Waals surface area contributed by atoms with Gasteiger partial charge < -0.3 is 47.4 Å². The minimum absolute atomic E-state index is 0.328. The number of nitrogens with one attached hydrogen (secondary N) is 3. The first kappa shape index (κ1) is 49.7. The van der Waals surface area contributed by atoms with Crippen LogP contribution < -0.4 is 33.2 Å². The average Bonchev–Trinajstić information content (AvgIpc) is 3.07. The van der Waals surface area contributed by atoms with E-state index in [1.807, 2.05) is 36.4 Å². The van der Waals surface area contributed by atoms with Gasteiger partial charge in [-0.05, 0) is 136 Å². The smallest absolute Gasteiger partial charge is 0.308 e. The predicted octanol–water partition coefficient (Wildman–Crippen LogP) is 6.03. The van der Waals surface area contributed by atoms with Crippen molar-refractivity contribution in [2.75, 3.05) is 16.0 Å². The molecule has 0 radical (unpaired) electrons. The molecule has 3 aromatic rings. The van der Waals surface area contributed by atoms with Crippen LogP contribution in [0, 0.1) is 0 Å². The van der Waals surface area contributed by atoms with Crippen LogP contribution in [0.25, 0.3) is 0 Å². The highest BCUT2D eigenvalue weighted by atomic mass is 16.6. The Morgan fingerprint density at radius 2 is 0.607 bits per heavy atom. The number of carbonyl (C=O) groups excluding carboxylic acids is 6.